The Morgan fingerprint density at radius 3 is 2.71 bits per heavy atom. The normalized spacial score (nSPS) is 19.4. The summed E-state index contributed by atoms with van der Waals surface area (Å²) in [6.45, 7) is 6.88. The van der Waals surface area contributed by atoms with Gasteiger partial charge in [-0.2, -0.15) is 16.1 Å². The standard InChI is InChI=1S/C15H21NO3S2/c1-4-14(17)12-6-5-7-13(10-12)21(18,19)16-8-9-20-15(2,3)11-16/h5-7,10H,4,8-9,11H2,1-3H3. The molecule has 21 heavy (non-hydrogen) atoms. The van der Waals surface area contributed by atoms with Crippen LogP contribution in [-0.4, -0.2) is 42.1 Å². The van der Waals surface area contributed by atoms with Crippen molar-refractivity contribution < 1.29 is 13.2 Å². The average Bonchev–Trinajstić information content (AvgIpc) is 2.45. The Hall–Kier alpha value is -0.850. The van der Waals surface area contributed by atoms with Crippen molar-refractivity contribution >= 4 is 27.6 Å². The predicted octanol–water partition coefficient (Wildman–Crippen LogP) is 2.80. The SMILES string of the molecule is CCC(=O)c1cccc(S(=O)(=O)N2CCSC(C)(C)C2)c1. The van der Waals surface area contributed by atoms with Crippen LogP contribution >= 0.6 is 11.8 Å². The Morgan fingerprint density at radius 2 is 2.10 bits per heavy atom. The van der Waals surface area contributed by atoms with E-state index >= 15 is 0 Å². The van der Waals surface area contributed by atoms with Gasteiger partial charge in [0.25, 0.3) is 0 Å². The summed E-state index contributed by atoms with van der Waals surface area (Å²) in [4.78, 5) is 12.0. The molecule has 0 aromatic heterocycles. The first-order valence-corrected chi connectivity index (χ1v) is 9.46. The van der Waals surface area contributed by atoms with Gasteiger partial charge in [-0.25, -0.2) is 8.42 Å². The summed E-state index contributed by atoms with van der Waals surface area (Å²) < 4.78 is 26.9. The lowest BCUT2D eigenvalue weighted by Crippen LogP contribution is -2.46. The van der Waals surface area contributed by atoms with E-state index in [1.165, 1.54) is 10.4 Å². The van der Waals surface area contributed by atoms with Crippen LogP contribution in [0.1, 0.15) is 37.6 Å². The molecule has 0 saturated carbocycles. The largest absolute Gasteiger partial charge is 0.294 e. The number of carbonyl (C=O) groups is 1. The van der Waals surface area contributed by atoms with Gasteiger partial charge in [0.05, 0.1) is 4.90 Å². The highest BCUT2D eigenvalue weighted by Gasteiger charge is 2.34. The molecule has 1 fully saturated rings. The molecule has 0 unspecified atom stereocenters. The van der Waals surface area contributed by atoms with Gasteiger partial charge < -0.3 is 0 Å². The summed E-state index contributed by atoms with van der Waals surface area (Å²) >= 11 is 1.79. The summed E-state index contributed by atoms with van der Waals surface area (Å²) in [5.41, 5.74) is 0.462. The quantitative estimate of drug-likeness (QED) is 0.798. The lowest BCUT2D eigenvalue weighted by molar-refractivity contribution is 0.0988. The monoisotopic (exact) mass is 327 g/mol. The third-order valence-electron chi connectivity index (χ3n) is 3.51. The average molecular weight is 327 g/mol. The number of rotatable bonds is 4. The number of Topliss-reactive ketones (excluding diaryl/α,β-unsaturated/α-hetero) is 1. The highest BCUT2D eigenvalue weighted by Crippen LogP contribution is 2.32. The maximum Gasteiger partial charge on any atom is 0.243 e. The molecule has 1 heterocycles. The molecule has 6 heteroatoms. The maximum absolute atomic E-state index is 12.7. The second-order valence-electron chi connectivity index (χ2n) is 5.75. The predicted molar refractivity (Wildman–Crippen MR) is 86.4 cm³/mol. The molecular weight excluding hydrogens is 306 g/mol. The topological polar surface area (TPSA) is 54.5 Å². The summed E-state index contributed by atoms with van der Waals surface area (Å²) in [7, 11) is -3.53. The maximum atomic E-state index is 12.7. The van der Waals surface area contributed by atoms with E-state index in [2.05, 4.69) is 13.8 Å². The molecule has 1 aromatic carbocycles. The second kappa shape index (κ2) is 6.10. The zero-order chi connectivity index (χ0) is 15.7. The van der Waals surface area contributed by atoms with Gasteiger partial charge in [-0.05, 0) is 26.0 Å². The minimum Gasteiger partial charge on any atom is -0.294 e. The molecule has 0 amide bonds. The molecule has 0 bridgehead atoms. The first-order chi connectivity index (χ1) is 9.76. The number of ketones is 1. The number of benzene rings is 1. The Morgan fingerprint density at radius 1 is 1.38 bits per heavy atom. The van der Waals surface area contributed by atoms with Crippen LogP contribution in [0.25, 0.3) is 0 Å². The van der Waals surface area contributed by atoms with E-state index in [0.29, 0.717) is 25.1 Å². The first kappa shape index (κ1) is 16.5. The van der Waals surface area contributed by atoms with Crippen LogP contribution in [0.5, 0.6) is 0 Å². The third-order valence-corrected chi connectivity index (χ3v) is 6.64. The molecule has 0 atom stereocenters. The van der Waals surface area contributed by atoms with Crippen LogP contribution in [0, 0.1) is 0 Å². The van der Waals surface area contributed by atoms with Gasteiger partial charge >= 0.3 is 0 Å². The van der Waals surface area contributed by atoms with Crippen molar-refractivity contribution in [2.24, 2.45) is 0 Å². The molecular formula is C15H21NO3S2. The zero-order valence-corrected chi connectivity index (χ0v) is 14.3. The van der Waals surface area contributed by atoms with Gasteiger partial charge in [0.1, 0.15) is 0 Å². The molecule has 4 nitrogen and oxygen atoms in total. The number of sulfonamides is 1. The molecule has 1 aliphatic rings. The summed E-state index contributed by atoms with van der Waals surface area (Å²) in [5, 5.41) is 0. The van der Waals surface area contributed by atoms with Gasteiger partial charge in [-0.15, -0.1) is 0 Å². The van der Waals surface area contributed by atoms with E-state index in [9.17, 15) is 13.2 Å². The fourth-order valence-corrected chi connectivity index (χ4v) is 5.32. The van der Waals surface area contributed by atoms with Crippen LogP contribution in [0.2, 0.25) is 0 Å². The Kier molecular flexibility index (Phi) is 4.80. The van der Waals surface area contributed by atoms with Crippen LogP contribution < -0.4 is 0 Å². The van der Waals surface area contributed by atoms with Gasteiger partial charge in [-0.1, -0.05) is 19.1 Å². The lowest BCUT2D eigenvalue weighted by atomic mass is 10.1. The Balaban J connectivity index is 2.33. The molecule has 0 radical (unpaired) electrons. The van der Waals surface area contributed by atoms with Gasteiger partial charge in [0.15, 0.2) is 5.78 Å². The Bertz CT molecular complexity index is 638. The molecule has 1 aromatic rings. The molecule has 1 aliphatic heterocycles. The van der Waals surface area contributed by atoms with E-state index in [1.807, 2.05) is 0 Å². The number of nitrogens with zero attached hydrogens (tertiary/aromatic N) is 1. The van der Waals surface area contributed by atoms with Crippen molar-refractivity contribution in [3.63, 3.8) is 0 Å². The van der Waals surface area contributed by atoms with Crippen molar-refractivity contribution in [2.75, 3.05) is 18.8 Å². The minimum atomic E-state index is -3.53. The van der Waals surface area contributed by atoms with Gasteiger partial charge in [0.2, 0.25) is 10.0 Å². The summed E-state index contributed by atoms with van der Waals surface area (Å²) in [6, 6.07) is 6.37. The van der Waals surface area contributed by atoms with Crippen LogP contribution in [0.15, 0.2) is 29.2 Å². The highest BCUT2D eigenvalue weighted by molar-refractivity contribution is 8.00. The number of hydrogen-bond donors (Lipinski definition) is 0. The van der Waals surface area contributed by atoms with Crippen LogP contribution in [0.3, 0.4) is 0 Å². The minimum absolute atomic E-state index is 0.0402. The fourth-order valence-electron chi connectivity index (χ4n) is 2.36. The third kappa shape index (κ3) is 3.67. The first-order valence-electron chi connectivity index (χ1n) is 7.03. The molecule has 2 rings (SSSR count). The number of carbonyl (C=O) groups excluding carboxylic acids is 1. The highest BCUT2D eigenvalue weighted by atomic mass is 32.2. The van der Waals surface area contributed by atoms with E-state index in [1.54, 1.807) is 36.9 Å². The van der Waals surface area contributed by atoms with Crippen molar-refractivity contribution in [1.29, 1.82) is 0 Å². The van der Waals surface area contributed by atoms with Gasteiger partial charge in [-0.3, -0.25) is 4.79 Å². The van der Waals surface area contributed by atoms with E-state index in [4.69, 9.17) is 0 Å². The fraction of sp³-hybridized carbons (Fsp3) is 0.533. The smallest absolute Gasteiger partial charge is 0.243 e. The number of hydrogen-bond acceptors (Lipinski definition) is 4. The van der Waals surface area contributed by atoms with Crippen LogP contribution in [0.4, 0.5) is 0 Å². The van der Waals surface area contributed by atoms with Crippen molar-refractivity contribution in [1.82, 2.24) is 4.31 Å². The molecule has 0 N–H and O–H groups in total. The van der Waals surface area contributed by atoms with Gasteiger partial charge in [0, 0.05) is 35.6 Å². The van der Waals surface area contributed by atoms with E-state index in [0.717, 1.165) is 5.75 Å². The molecule has 116 valence electrons. The second-order valence-corrected chi connectivity index (χ2v) is 9.49. The zero-order valence-electron chi connectivity index (χ0n) is 12.6. The molecule has 0 spiro atoms. The Labute approximate surface area is 131 Å². The van der Waals surface area contributed by atoms with Crippen molar-refractivity contribution in [2.45, 2.75) is 36.8 Å². The molecule has 1 saturated heterocycles. The van der Waals surface area contributed by atoms with E-state index in [-0.39, 0.29) is 15.4 Å². The summed E-state index contributed by atoms with van der Waals surface area (Å²) in [5.74, 6) is 0.751. The summed E-state index contributed by atoms with van der Waals surface area (Å²) in [6.07, 6.45) is 0.372. The molecule has 0 aliphatic carbocycles. The van der Waals surface area contributed by atoms with Crippen LogP contribution in [-0.2, 0) is 10.0 Å². The number of thioether (sulfide) groups is 1. The lowest BCUT2D eigenvalue weighted by Gasteiger charge is -2.36. The van der Waals surface area contributed by atoms with Crippen molar-refractivity contribution in [3.8, 4) is 0 Å². The van der Waals surface area contributed by atoms with Crippen molar-refractivity contribution in [3.05, 3.63) is 29.8 Å². The van der Waals surface area contributed by atoms with E-state index < -0.39 is 10.0 Å².